The average molecular weight is 236 g/mol. The molecule has 0 aliphatic heterocycles. The highest BCUT2D eigenvalue weighted by atomic mass is 16.5. The van der Waals surface area contributed by atoms with Gasteiger partial charge in [0.25, 0.3) is 0 Å². The van der Waals surface area contributed by atoms with Crippen molar-refractivity contribution in [2.75, 3.05) is 30.9 Å². The van der Waals surface area contributed by atoms with E-state index in [1.807, 2.05) is 57.1 Å². The first-order valence-corrected chi connectivity index (χ1v) is 5.68. The van der Waals surface area contributed by atoms with Crippen molar-refractivity contribution in [2.24, 2.45) is 0 Å². The van der Waals surface area contributed by atoms with Crippen LogP contribution in [-0.2, 0) is 9.53 Å². The first kappa shape index (κ1) is 13.5. The van der Waals surface area contributed by atoms with Gasteiger partial charge in [-0.15, -0.1) is 0 Å². The zero-order valence-corrected chi connectivity index (χ0v) is 10.9. The van der Waals surface area contributed by atoms with E-state index in [0.717, 1.165) is 11.4 Å². The highest BCUT2D eigenvalue weighted by Gasteiger charge is 2.08. The molecule has 0 aliphatic carbocycles. The summed E-state index contributed by atoms with van der Waals surface area (Å²) in [7, 11) is 3.88. The van der Waals surface area contributed by atoms with Crippen LogP contribution in [0.5, 0.6) is 0 Å². The standard InChI is InChI=1S/C13H20N2O2/c1-10(2)17-9-13(16)14-11-7-5-6-8-12(11)15(3)4/h5-8,10H,9H2,1-4H3,(H,14,16). The van der Waals surface area contributed by atoms with Crippen molar-refractivity contribution in [3.8, 4) is 0 Å². The molecule has 0 spiro atoms. The number of benzene rings is 1. The molecule has 1 rings (SSSR count). The van der Waals surface area contributed by atoms with Crippen molar-refractivity contribution in [3.63, 3.8) is 0 Å². The lowest BCUT2D eigenvalue weighted by Gasteiger charge is -2.17. The molecule has 1 amide bonds. The lowest BCUT2D eigenvalue weighted by atomic mass is 10.2. The molecule has 94 valence electrons. The highest BCUT2D eigenvalue weighted by molar-refractivity contribution is 5.95. The van der Waals surface area contributed by atoms with Crippen LogP contribution in [0.25, 0.3) is 0 Å². The number of carbonyl (C=O) groups excluding carboxylic acids is 1. The third-order valence-electron chi connectivity index (χ3n) is 2.21. The summed E-state index contributed by atoms with van der Waals surface area (Å²) in [6, 6.07) is 7.67. The van der Waals surface area contributed by atoms with Gasteiger partial charge >= 0.3 is 0 Å². The Bertz CT molecular complexity index is 375. The topological polar surface area (TPSA) is 41.6 Å². The summed E-state index contributed by atoms with van der Waals surface area (Å²) in [4.78, 5) is 13.6. The number of anilines is 2. The van der Waals surface area contributed by atoms with Crippen LogP contribution < -0.4 is 10.2 Å². The van der Waals surface area contributed by atoms with Crippen LogP contribution in [0, 0.1) is 0 Å². The van der Waals surface area contributed by atoms with Gasteiger partial charge in [0, 0.05) is 14.1 Å². The molecule has 4 heteroatoms. The summed E-state index contributed by atoms with van der Waals surface area (Å²) in [5.74, 6) is -0.131. The number of para-hydroxylation sites is 2. The Labute approximate surface area is 103 Å². The molecule has 0 heterocycles. The molecule has 17 heavy (non-hydrogen) atoms. The van der Waals surface area contributed by atoms with E-state index in [1.165, 1.54) is 0 Å². The predicted molar refractivity (Wildman–Crippen MR) is 70.5 cm³/mol. The van der Waals surface area contributed by atoms with E-state index in [9.17, 15) is 4.79 Å². The fourth-order valence-corrected chi connectivity index (χ4v) is 1.40. The molecular weight excluding hydrogens is 216 g/mol. The van der Waals surface area contributed by atoms with Crippen LogP contribution >= 0.6 is 0 Å². The van der Waals surface area contributed by atoms with E-state index in [-0.39, 0.29) is 18.6 Å². The van der Waals surface area contributed by atoms with Crippen molar-refractivity contribution in [2.45, 2.75) is 20.0 Å². The molecule has 0 aliphatic rings. The molecule has 1 aromatic rings. The van der Waals surface area contributed by atoms with E-state index in [4.69, 9.17) is 4.74 Å². The Kier molecular flexibility index (Phi) is 4.97. The quantitative estimate of drug-likeness (QED) is 0.851. The first-order valence-electron chi connectivity index (χ1n) is 5.68. The van der Waals surface area contributed by atoms with Crippen LogP contribution in [0.2, 0.25) is 0 Å². The molecule has 1 N–H and O–H groups in total. The van der Waals surface area contributed by atoms with Crippen molar-refractivity contribution in [1.29, 1.82) is 0 Å². The maximum atomic E-state index is 11.6. The second-order valence-electron chi connectivity index (χ2n) is 4.32. The average Bonchev–Trinajstić information content (AvgIpc) is 2.27. The summed E-state index contributed by atoms with van der Waals surface area (Å²) in [6.45, 7) is 3.89. The fraction of sp³-hybridized carbons (Fsp3) is 0.462. The number of hydrogen-bond acceptors (Lipinski definition) is 3. The van der Waals surface area contributed by atoms with Gasteiger partial charge in [0.1, 0.15) is 6.61 Å². The van der Waals surface area contributed by atoms with Crippen LogP contribution in [0.4, 0.5) is 11.4 Å². The van der Waals surface area contributed by atoms with E-state index >= 15 is 0 Å². The van der Waals surface area contributed by atoms with Gasteiger partial charge in [-0.25, -0.2) is 0 Å². The number of nitrogens with zero attached hydrogens (tertiary/aromatic N) is 1. The van der Waals surface area contributed by atoms with Crippen molar-refractivity contribution in [3.05, 3.63) is 24.3 Å². The number of hydrogen-bond donors (Lipinski definition) is 1. The number of nitrogens with one attached hydrogen (secondary N) is 1. The van der Waals surface area contributed by atoms with Crippen molar-refractivity contribution >= 4 is 17.3 Å². The fourth-order valence-electron chi connectivity index (χ4n) is 1.40. The summed E-state index contributed by atoms with van der Waals surface area (Å²) >= 11 is 0. The molecule has 0 saturated carbocycles. The highest BCUT2D eigenvalue weighted by Crippen LogP contribution is 2.23. The SMILES string of the molecule is CC(C)OCC(=O)Nc1ccccc1N(C)C. The Morgan fingerprint density at radius 3 is 2.59 bits per heavy atom. The van der Waals surface area contributed by atoms with E-state index in [2.05, 4.69) is 5.32 Å². The minimum absolute atomic E-state index is 0.0600. The molecular formula is C13H20N2O2. The Morgan fingerprint density at radius 1 is 1.35 bits per heavy atom. The molecule has 0 fully saturated rings. The minimum Gasteiger partial charge on any atom is -0.376 e. The molecule has 0 saturated heterocycles. The van der Waals surface area contributed by atoms with Crippen LogP contribution in [0.15, 0.2) is 24.3 Å². The Balaban J connectivity index is 2.65. The molecule has 0 bridgehead atoms. The predicted octanol–water partition coefficient (Wildman–Crippen LogP) is 2.12. The number of rotatable bonds is 5. The molecule has 0 radical (unpaired) electrons. The monoisotopic (exact) mass is 236 g/mol. The number of amides is 1. The van der Waals surface area contributed by atoms with E-state index in [0.29, 0.717) is 0 Å². The van der Waals surface area contributed by atoms with Crippen LogP contribution in [0.1, 0.15) is 13.8 Å². The van der Waals surface area contributed by atoms with Crippen LogP contribution in [-0.4, -0.2) is 32.7 Å². The summed E-state index contributed by atoms with van der Waals surface area (Å²) in [5.41, 5.74) is 1.78. The lowest BCUT2D eigenvalue weighted by Crippen LogP contribution is -2.22. The van der Waals surface area contributed by atoms with Gasteiger partial charge in [-0.3, -0.25) is 4.79 Å². The summed E-state index contributed by atoms with van der Waals surface area (Å²) < 4.78 is 5.25. The summed E-state index contributed by atoms with van der Waals surface area (Å²) in [6.07, 6.45) is 0.0600. The largest absolute Gasteiger partial charge is 0.376 e. The van der Waals surface area contributed by atoms with Gasteiger partial charge in [-0.2, -0.15) is 0 Å². The second-order valence-corrected chi connectivity index (χ2v) is 4.32. The molecule has 1 aromatic carbocycles. The molecule has 0 aromatic heterocycles. The van der Waals surface area contributed by atoms with Gasteiger partial charge in [0.05, 0.1) is 17.5 Å². The van der Waals surface area contributed by atoms with E-state index in [1.54, 1.807) is 0 Å². The third-order valence-corrected chi connectivity index (χ3v) is 2.21. The molecule has 0 unspecified atom stereocenters. The van der Waals surface area contributed by atoms with Gasteiger partial charge in [-0.1, -0.05) is 12.1 Å². The molecule has 4 nitrogen and oxygen atoms in total. The Hall–Kier alpha value is -1.55. The minimum atomic E-state index is -0.131. The van der Waals surface area contributed by atoms with Gasteiger partial charge in [-0.05, 0) is 26.0 Å². The maximum Gasteiger partial charge on any atom is 0.250 e. The lowest BCUT2D eigenvalue weighted by molar-refractivity contribution is -0.121. The summed E-state index contributed by atoms with van der Waals surface area (Å²) in [5, 5.41) is 2.84. The second kappa shape index (κ2) is 6.25. The smallest absolute Gasteiger partial charge is 0.250 e. The van der Waals surface area contributed by atoms with Crippen LogP contribution in [0.3, 0.4) is 0 Å². The zero-order valence-electron chi connectivity index (χ0n) is 10.9. The van der Waals surface area contributed by atoms with Gasteiger partial charge in [0.2, 0.25) is 5.91 Å². The molecule has 0 atom stereocenters. The van der Waals surface area contributed by atoms with Gasteiger partial charge in [0.15, 0.2) is 0 Å². The van der Waals surface area contributed by atoms with Gasteiger partial charge < -0.3 is 15.0 Å². The maximum absolute atomic E-state index is 11.6. The third kappa shape index (κ3) is 4.44. The number of carbonyl (C=O) groups is 1. The zero-order chi connectivity index (χ0) is 12.8. The number of ether oxygens (including phenoxy) is 1. The van der Waals surface area contributed by atoms with Crippen molar-refractivity contribution < 1.29 is 9.53 Å². The van der Waals surface area contributed by atoms with Crippen molar-refractivity contribution in [1.82, 2.24) is 0 Å². The van der Waals surface area contributed by atoms with E-state index < -0.39 is 0 Å². The normalized spacial score (nSPS) is 10.4. The Morgan fingerprint density at radius 2 is 2.00 bits per heavy atom. The first-order chi connectivity index (χ1) is 8.00.